The van der Waals surface area contributed by atoms with Crippen molar-refractivity contribution in [3.63, 3.8) is 0 Å². The summed E-state index contributed by atoms with van der Waals surface area (Å²) in [5.74, 6) is -11.2. The van der Waals surface area contributed by atoms with Crippen molar-refractivity contribution < 1.29 is 132 Å². The van der Waals surface area contributed by atoms with Crippen molar-refractivity contribution in [1.29, 1.82) is 0 Å². The van der Waals surface area contributed by atoms with Crippen LogP contribution in [0.5, 0.6) is 11.5 Å². The molecule has 13 atom stereocenters. The number of phenolic OH excluding ortho intramolecular Hbond substituents is 1. The van der Waals surface area contributed by atoms with Crippen LogP contribution in [-0.4, -0.2) is 216 Å². The van der Waals surface area contributed by atoms with Crippen LogP contribution < -0.4 is 71.3 Å². The van der Waals surface area contributed by atoms with E-state index in [0.717, 1.165) is 51.1 Å². The Morgan fingerprint density at radius 1 is 0.745 bits per heavy atom. The van der Waals surface area contributed by atoms with E-state index < -0.39 is 177 Å². The number of β-amino-alcohol motifs (C(OH)–C–C–N with tert-alkyl or cyclic N) is 1. The Labute approximate surface area is 568 Å². The summed E-state index contributed by atoms with van der Waals surface area (Å²) in [5.41, 5.74) is 9.85. The average molecular weight is 1360 g/mol. The molecule has 4 heterocycles. The largest absolute Gasteiger partial charge is 1.00 e. The summed E-state index contributed by atoms with van der Waals surface area (Å²) in [6.45, 7) is 2.28. The molecule has 4 aromatic carbocycles. The second kappa shape index (κ2) is 34.4. The van der Waals surface area contributed by atoms with E-state index in [-0.39, 0.29) is 58.8 Å². The Hall–Kier alpha value is -7.29. The molecule has 0 bridgehead atoms. The van der Waals surface area contributed by atoms with Gasteiger partial charge in [0.25, 0.3) is 18.2 Å². The van der Waals surface area contributed by atoms with Crippen molar-refractivity contribution in [3.05, 3.63) is 108 Å². The third kappa shape index (κ3) is 19.0. The van der Waals surface area contributed by atoms with E-state index in [2.05, 4.69) is 46.2 Å². The van der Waals surface area contributed by atoms with Gasteiger partial charge in [0.05, 0.1) is 62.9 Å². The molecular weight excluding hydrogens is 1280 g/mol. The summed E-state index contributed by atoms with van der Waals surface area (Å²) < 4.78 is 19.8. The SMILES string of the molecule is COCCOCc1ccc(-c2ccc(-c3nnc(-c4ccc(C(=O)N[C@H]5CC(O)CNC(=O)C6C(O)C(C)CN6C(=O)C(C(O)CC(N)=O)NC(=O)C(C(O)Cc6ccc(O)c(OSOO[O-])c6)NC(=O)C6CC(O)CN6C(=O)C(C(C)O)NC5=O)cc4)s3)cc2)cc1.[Na+]. The molecule has 500 valence electrons. The van der Waals surface area contributed by atoms with Crippen molar-refractivity contribution in [2.24, 2.45) is 11.7 Å². The van der Waals surface area contributed by atoms with Gasteiger partial charge >= 0.3 is 29.6 Å². The van der Waals surface area contributed by atoms with Crippen molar-refractivity contribution >= 4 is 70.9 Å². The minimum absolute atomic E-state index is 0. The number of nitrogens with two attached hydrogens (primary N) is 1. The molecule has 1 aromatic heterocycles. The Balaban J connectivity index is 0.0000125. The molecule has 0 saturated carbocycles. The number of fused-ring (bicyclic) bond motifs is 2. The number of rotatable bonds is 21. The maximum atomic E-state index is 14.7. The molecular formula is C60H71N10NaO21S2. The Morgan fingerprint density at radius 3 is 1.97 bits per heavy atom. The molecule has 3 fully saturated rings. The second-order valence-electron chi connectivity index (χ2n) is 22.6. The minimum atomic E-state index is -2.23. The first-order chi connectivity index (χ1) is 44.4. The molecule has 3 aliphatic rings. The fourth-order valence-corrected chi connectivity index (χ4v) is 11.9. The van der Waals surface area contributed by atoms with Gasteiger partial charge in [0.1, 0.15) is 46.3 Å². The third-order valence-corrected chi connectivity index (χ3v) is 17.1. The van der Waals surface area contributed by atoms with Crippen LogP contribution in [0.3, 0.4) is 0 Å². The normalized spacial score (nSPS) is 24.2. The zero-order valence-corrected chi connectivity index (χ0v) is 54.9. The van der Waals surface area contributed by atoms with Gasteiger partial charge in [-0.1, -0.05) is 85.0 Å². The number of amides is 8. The first kappa shape index (κ1) is 74.1. The number of aliphatic hydroxyl groups is 6. The van der Waals surface area contributed by atoms with Crippen molar-refractivity contribution in [1.82, 2.24) is 46.6 Å². The number of carbonyl (C=O) groups is 8. The van der Waals surface area contributed by atoms with Gasteiger partial charge in [-0.3, -0.25) is 43.4 Å². The van der Waals surface area contributed by atoms with E-state index >= 15 is 0 Å². The summed E-state index contributed by atoms with van der Waals surface area (Å²) >= 11 is 1.28. The monoisotopic (exact) mass is 1350 g/mol. The summed E-state index contributed by atoms with van der Waals surface area (Å²) in [6, 6.07) is 13.5. The smallest absolute Gasteiger partial charge is 0.691 e. The van der Waals surface area contributed by atoms with Gasteiger partial charge in [-0.2, -0.15) is 0 Å². The number of carbonyl (C=O) groups excluding carboxylic acids is 8. The molecule has 5 aromatic rings. The number of nitrogens with zero attached hydrogens (tertiary/aromatic N) is 4. The zero-order valence-electron chi connectivity index (χ0n) is 51.3. The molecule has 34 heteroatoms. The van der Waals surface area contributed by atoms with E-state index in [4.69, 9.17) is 19.4 Å². The van der Waals surface area contributed by atoms with Crippen LogP contribution >= 0.6 is 23.7 Å². The van der Waals surface area contributed by atoms with Crippen LogP contribution in [0.2, 0.25) is 0 Å². The van der Waals surface area contributed by atoms with Crippen molar-refractivity contribution in [3.8, 4) is 43.8 Å². The Bertz CT molecular complexity index is 3450. The molecule has 8 amide bonds. The molecule has 0 spiro atoms. The standard InChI is InChI=1S/C60H72N10O21S2.Na/c1-29-26-70-50(51(29)78)56(83)62-25-38(72)22-40(63-52(79)35-11-15-37(16-12-35)58-68-67-57(92-58)36-13-9-34(10-14-36)33-7-4-31(5-8-33)28-88-19-18-87-3)53(80)64-47(30(2)71)59(84)69-27-39(73)23-41(69)54(81)65-48(55(82)66-49(60(70)85)44(76)24-46(61)77)43(75)20-32-6-17-42(74)45(21-32)89-93-91-90-86;/h4-17,21,29-30,38-41,43-44,47-51,71-76,78,86H,18-20,22-28H2,1-3H3,(H2,61,77)(H,62,83)(H,63,79)(H,64,80)(H,65,81)(H,66,82);/q;+1/p-1/t29?,30?,38?,39?,40-,41?,43?,44?,47?,48?,49?,50?,51?;/m0./s1. The summed E-state index contributed by atoms with van der Waals surface area (Å²) in [7, 11) is 1.61. The van der Waals surface area contributed by atoms with Gasteiger partial charge in [-0.05, 0) is 53.4 Å². The van der Waals surface area contributed by atoms with Gasteiger partial charge in [0, 0.05) is 68.6 Å². The summed E-state index contributed by atoms with van der Waals surface area (Å²) in [6.07, 6.45) is -13.7. The maximum absolute atomic E-state index is 14.7. The van der Waals surface area contributed by atoms with E-state index in [0.29, 0.717) is 35.4 Å². The molecule has 12 unspecified atom stereocenters. The number of hydrogen-bond donors (Lipinski definition) is 13. The van der Waals surface area contributed by atoms with Gasteiger partial charge in [-0.25, -0.2) is 0 Å². The zero-order chi connectivity index (χ0) is 67.2. The number of hydrogen-bond acceptors (Lipinski definition) is 25. The molecule has 94 heavy (non-hydrogen) atoms. The molecule has 0 aliphatic carbocycles. The number of aliphatic hydroxyl groups excluding tert-OH is 6. The van der Waals surface area contributed by atoms with Crippen LogP contribution in [0.1, 0.15) is 54.6 Å². The van der Waals surface area contributed by atoms with Crippen LogP contribution in [0, 0.1) is 5.92 Å². The van der Waals surface area contributed by atoms with E-state index in [1.165, 1.54) is 36.5 Å². The van der Waals surface area contributed by atoms with Gasteiger partial charge < -0.3 is 96.8 Å². The first-order valence-electron chi connectivity index (χ1n) is 29.2. The molecule has 3 aliphatic heterocycles. The number of methoxy groups -OCH3 is 1. The Kier molecular flexibility index (Phi) is 27.1. The number of phenols is 1. The number of aromatic nitrogens is 2. The van der Waals surface area contributed by atoms with E-state index in [9.17, 15) is 79.4 Å². The number of aromatic hydroxyl groups is 1. The topological polar surface area (TPSA) is 466 Å². The van der Waals surface area contributed by atoms with Crippen LogP contribution in [0.4, 0.5) is 0 Å². The predicted octanol–water partition coefficient (Wildman–Crippen LogP) is -5.60. The van der Waals surface area contributed by atoms with Crippen molar-refractivity contribution in [2.75, 3.05) is 40.0 Å². The number of ether oxygens (including phenoxy) is 2. The summed E-state index contributed by atoms with van der Waals surface area (Å²) in [4.78, 5) is 115. The Morgan fingerprint density at radius 2 is 1.34 bits per heavy atom. The third-order valence-electron chi connectivity index (χ3n) is 15.7. The van der Waals surface area contributed by atoms with Crippen LogP contribution in [0.25, 0.3) is 32.3 Å². The quantitative estimate of drug-likeness (QED) is 0.0107. The number of nitrogens with one attached hydrogen (secondary N) is 5. The fraction of sp³-hybridized carbons (Fsp3) is 0.433. The number of primary amides is 1. The number of benzene rings is 4. The van der Waals surface area contributed by atoms with Crippen LogP contribution in [0.15, 0.2) is 91.0 Å². The molecule has 8 rings (SSSR count). The maximum Gasteiger partial charge on any atom is 1.00 e. The van der Waals surface area contributed by atoms with Crippen molar-refractivity contribution in [2.45, 2.75) is 119 Å². The molecule has 14 N–H and O–H groups in total. The van der Waals surface area contributed by atoms with E-state index in [1.807, 2.05) is 48.5 Å². The van der Waals surface area contributed by atoms with Gasteiger partial charge in [0.15, 0.2) is 11.5 Å². The average Bonchev–Trinajstić information content (AvgIpc) is 1.62. The molecule has 31 nitrogen and oxygen atoms in total. The first-order valence-corrected chi connectivity index (χ1v) is 30.7. The van der Waals surface area contributed by atoms with Gasteiger partial charge in [-0.15, -0.1) is 14.5 Å². The van der Waals surface area contributed by atoms with Gasteiger partial charge in [0.2, 0.25) is 41.4 Å². The predicted molar refractivity (Wildman–Crippen MR) is 325 cm³/mol. The molecule has 0 radical (unpaired) electrons. The fourth-order valence-electron chi connectivity index (χ4n) is 10.8. The summed E-state index contributed by atoms with van der Waals surface area (Å²) in [5, 5.41) is 114. The van der Waals surface area contributed by atoms with E-state index in [1.54, 1.807) is 19.2 Å². The van der Waals surface area contributed by atoms with Crippen LogP contribution in [-0.2, 0) is 65.4 Å². The minimum Gasteiger partial charge on any atom is -0.691 e. The second-order valence-corrected chi connectivity index (χ2v) is 24.0. The molecule has 3 saturated heterocycles.